The van der Waals surface area contributed by atoms with Crippen LogP contribution in [0.4, 0.5) is 4.79 Å². The fraction of sp³-hybridized carbons (Fsp3) is 0.895. The molecule has 5 nitrogen and oxygen atoms in total. The van der Waals surface area contributed by atoms with Gasteiger partial charge in [0.1, 0.15) is 5.60 Å². The molecule has 0 bridgehead atoms. The van der Waals surface area contributed by atoms with E-state index in [1.807, 2.05) is 25.7 Å². The summed E-state index contributed by atoms with van der Waals surface area (Å²) in [6.07, 6.45) is 3.39. The molecule has 25 heavy (non-hydrogen) atoms. The number of hydrogen-bond acceptors (Lipinski definition) is 4. The minimum atomic E-state index is -0.474. The smallest absolute Gasteiger partial charge is 0.410 e. The average molecular weight is 371 g/mol. The van der Waals surface area contributed by atoms with Crippen molar-refractivity contribution >= 4 is 24.6 Å². The maximum Gasteiger partial charge on any atom is 0.410 e. The Morgan fingerprint density at radius 1 is 1.04 bits per heavy atom. The number of carbonyl (C=O) groups is 2. The van der Waals surface area contributed by atoms with E-state index in [9.17, 15) is 9.59 Å². The molecule has 1 unspecified atom stereocenters. The van der Waals surface area contributed by atoms with Crippen molar-refractivity contribution in [2.75, 3.05) is 31.9 Å². The van der Waals surface area contributed by atoms with E-state index in [0.717, 1.165) is 44.5 Å². The van der Waals surface area contributed by atoms with Gasteiger partial charge in [-0.15, -0.1) is 0 Å². The van der Waals surface area contributed by atoms with Crippen LogP contribution in [0.25, 0.3) is 0 Å². The van der Waals surface area contributed by atoms with Crippen molar-refractivity contribution < 1.29 is 14.3 Å². The molecule has 0 aromatic heterocycles. The monoisotopic (exact) mass is 370 g/mol. The third-order valence-electron chi connectivity index (χ3n) is 5.44. The van der Waals surface area contributed by atoms with Crippen molar-refractivity contribution in [1.82, 2.24) is 9.80 Å². The fourth-order valence-electron chi connectivity index (χ4n) is 3.73. The quantitative estimate of drug-likeness (QED) is 0.774. The summed E-state index contributed by atoms with van der Waals surface area (Å²) < 4.78 is 5.42. The molecule has 2 saturated heterocycles. The van der Waals surface area contributed by atoms with E-state index in [2.05, 4.69) is 19.6 Å². The molecule has 0 radical (unpaired) electrons. The first-order valence-electron chi connectivity index (χ1n) is 9.59. The Balaban J connectivity index is 1.77. The third-order valence-corrected chi connectivity index (χ3v) is 6.02. The largest absolute Gasteiger partial charge is 0.444 e. The van der Waals surface area contributed by atoms with Crippen LogP contribution in [0.5, 0.6) is 0 Å². The van der Waals surface area contributed by atoms with Crippen LogP contribution in [0, 0.1) is 17.8 Å². The van der Waals surface area contributed by atoms with E-state index in [4.69, 9.17) is 4.74 Å². The third kappa shape index (κ3) is 5.80. The van der Waals surface area contributed by atoms with Crippen molar-refractivity contribution in [2.24, 2.45) is 17.8 Å². The Kier molecular flexibility index (Phi) is 7.06. The second-order valence-corrected chi connectivity index (χ2v) is 8.93. The minimum Gasteiger partial charge on any atom is -0.444 e. The van der Waals surface area contributed by atoms with E-state index in [-0.39, 0.29) is 17.9 Å². The first kappa shape index (κ1) is 20.4. The Hall–Kier alpha value is -0.910. The van der Waals surface area contributed by atoms with Crippen LogP contribution in [0.15, 0.2) is 0 Å². The second-order valence-electron chi connectivity index (χ2n) is 8.56. The molecule has 1 atom stereocenters. The maximum atomic E-state index is 12.8. The van der Waals surface area contributed by atoms with Gasteiger partial charge in [0.2, 0.25) is 5.91 Å². The molecule has 2 rings (SSSR count). The molecule has 0 spiro atoms. The van der Waals surface area contributed by atoms with Crippen molar-refractivity contribution in [2.45, 2.75) is 59.0 Å². The molecule has 144 valence electrons. The molecule has 2 fully saturated rings. The van der Waals surface area contributed by atoms with Crippen molar-refractivity contribution in [3.8, 4) is 0 Å². The first-order valence-corrected chi connectivity index (χ1v) is 10.2. The second kappa shape index (κ2) is 8.65. The Bertz CT molecular complexity index is 462. The summed E-state index contributed by atoms with van der Waals surface area (Å²) >= 11 is 4.40. The zero-order valence-corrected chi connectivity index (χ0v) is 17.1. The highest BCUT2D eigenvalue weighted by molar-refractivity contribution is 7.80. The summed E-state index contributed by atoms with van der Waals surface area (Å²) in [7, 11) is 0. The highest BCUT2D eigenvalue weighted by Gasteiger charge is 2.33. The van der Waals surface area contributed by atoms with Crippen molar-refractivity contribution in [1.29, 1.82) is 0 Å². The van der Waals surface area contributed by atoms with Crippen molar-refractivity contribution in [3.63, 3.8) is 0 Å². The van der Waals surface area contributed by atoms with Gasteiger partial charge in [-0.05, 0) is 64.0 Å². The van der Waals surface area contributed by atoms with Gasteiger partial charge in [-0.25, -0.2) is 4.79 Å². The molecule has 2 amide bonds. The van der Waals surface area contributed by atoms with Gasteiger partial charge in [0.25, 0.3) is 0 Å². The normalized spacial score (nSPS) is 22.0. The lowest BCUT2D eigenvalue weighted by Gasteiger charge is -2.38. The number of hydrogen-bond donors (Lipinski definition) is 1. The number of amides is 2. The number of nitrogens with zero attached hydrogens (tertiary/aromatic N) is 2. The summed E-state index contributed by atoms with van der Waals surface area (Å²) in [4.78, 5) is 28.7. The lowest BCUT2D eigenvalue weighted by Crippen LogP contribution is -2.47. The van der Waals surface area contributed by atoms with Gasteiger partial charge >= 0.3 is 6.09 Å². The van der Waals surface area contributed by atoms with Crippen LogP contribution < -0.4 is 0 Å². The number of piperidine rings is 2. The molecule has 0 aromatic rings. The van der Waals surface area contributed by atoms with Crippen LogP contribution in [-0.2, 0) is 9.53 Å². The van der Waals surface area contributed by atoms with Gasteiger partial charge in [-0.2, -0.15) is 12.6 Å². The van der Waals surface area contributed by atoms with Gasteiger partial charge in [0.05, 0.1) is 0 Å². The Labute approximate surface area is 157 Å². The Morgan fingerprint density at radius 2 is 1.56 bits per heavy atom. The predicted molar refractivity (Wildman–Crippen MR) is 103 cm³/mol. The van der Waals surface area contributed by atoms with Gasteiger partial charge in [-0.1, -0.05) is 6.92 Å². The summed E-state index contributed by atoms with van der Waals surface area (Å²) in [5.41, 5.74) is -0.474. The molecule has 0 aliphatic carbocycles. The molecule has 0 saturated carbocycles. The van der Waals surface area contributed by atoms with Gasteiger partial charge in [0.15, 0.2) is 0 Å². The van der Waals surface area contributed by atoms with E-state index in [0.29, 0.717) is 24.9 Å². The lowest BCUT2D eigenvalue weighted by atomic mass is 9.85. The Morgan fingerprint density at radius 3 is 2.04 bits per heavy atom. The van der Waals surface area contributed by atoms with E-state index in [1.54, 1.807) is 4.90 Å². The van der Waals surface area contributed by atoms with Crippen LogP contribution >= 0.6 is 12.6 Å². The van der Waals surface area contributed by atoms with E-state index < -0.39 is 5.60 Å². The van der Waals surface area contributed by atoms with Crippen LogP contribution in [-0.4, -0.2) is 59.3 Å². The molecular formula is C19H34N2O3S. The molecule has 2 heterocycles. The number of likely N-dealkylation sites (tertiary alicyclic amines) is 2. The summed E-state index contributed by atoms with van der Waals surface area (Å²) in [6.45, 7) is 10.8. The van der Waals surface area contributed by atoms with Gasteiger partial charge in [-0.3, -0.25) is 4.79 Å². The highest BCUT2D eigenvalue weighted by Crippen LogP contribution is 2.28. The first-order chi connectivity index (χ1) is 11.7. The SMILES string of the molecule is CC(CS)C1CCN(C(=O)C2CCN(C(=O)OC(C)(C)C)CC2)CC1. The van der Waals surface area contributed by atoms with Gasteiger partial charge < -0.3 is 14.5 Å². The molecule has 2 aliphatic heterocycles. The van der Waals surface area contributed by atoms with Gasteiger partial charge in [0, 0.05) is 32.1 Å². The summed E-state index contributed by atoms with van der Waals surface area (Å²) in [5.74, 6) is 2.56. The van der Waals surface area contributed by atoms with E-state index in [1.165, 1.54) is 0 Å². The number of rotatable bonds is 3. The van der Waals surface area contributed by atoms with Crippen LogP contribution in [0.2, 0.25) is 0 Å². The minimum absolute atomic E-state index is 0.0533. The molecule has 6 heteroatoms. The van der Waals surface area contributed by atoms with E-state index >= 15 is 0 Å². The van der Waals surface area contributed by atoms with Crippen LogP contribution in [0.1, 0.15) is 53.4 Å². The number of carbonyl (C=O) groups excluding carboxylic acids is 2. The molecule has 0 N–H and O–H groups in total. The topological polar surface area (TPSA) is 49.9 Å². The highest BCUT2D eigenvalue weighted by atomic mass is 32.1. The molecule has 2 aliphatic rings. The molecular weight excluding hydrogens is 336 g/mol. The summed E-state index contributed by atoms with van der Waals surface area (Å²) in [6, 6.07) is 0. The van der Waals surface area contributed by atoms with Crippen LogP contribution in [0.3, 0.4) is 0 Å². The fourth-order valence-corrected chi connectivity index (χ4v) is 4.03. The summed E-state index contributed by atoms with van der Waals surface area (Å²) in [5, 5.41) is 0. The standard InChI is InChI=1S/C19H34N2O3S/c1-14(13-25)15-5-9-20(10-6-15)17(22)16-7-11-21(12-8-16)18(23)24-19(2,3)4/h14-16,25H,5-13H2,1-4H3. The molecule has 0 aromatic carbocycles. The average Bonchev–Trinajstić information content (AvgIpc) is 2.59. The zero-order valence-electron chi connectivity index (χ0n) is 16.2. The predicted octanol–water partition coefficient (Wildman–Crippen LogP) is 3.44. The zero-order chi connectivity index (χ0) is 18.6. The number of ether oxygens (including phenoxy) is 1. The lowest BCUT2D eigenvalue weighted by molar-refractivity contribution is -0.138. The maximum absolute atomic E-state index is 12.8. The van der Waals surface area contributed by atoms with Crippen molar-refractivity contribution in [3.05, 3.63) is 0 Å². The number of thiol groups is 1.